The lowest BCUT2D eigenvalue weighted by Crippen LogP contribution is -2.41. The quantitative estimate of drug-likeness (QED) is 0.541. The van der Waals surface area contributed by atoms with E-state index in [0.717, 1.165) is 28.1 Å². The minimum absolute atomic E-state index is 0.0135. The number of carbonyl (C=O) groups excluding carboxylic acids is 1. The van der Waals surface area contributed by atoms with E-state index in [-0.39, 0.29) is 29.2 Å². The highest BCUT2D eigenvalue weighted by Crippen LogP contribution is 2.39. The van der Waals surface area contributed by atoms with Crippen molar-refractivity contribution in [2.24, 2.45) is 0 Å². The third-order valence-electron chi connectivity index (χ3n) is 5.36. The Hall–Kier alpha value is -1.19. The van der Waals surface area contributed by atoms with Crippen LogP contribution >= 0.6 is 23.1 Å². The monoisotopic (exact) mass is 425 g/mol. The van der Waals surface area contributed by atoms with E-state index in [1.54, 1.807) is 22.6 Å². The SMILES string of the molecule is CCN(C(=O)CSc1ncnc2sc3c(c12)CCCC3)[C@H]1CCS(=O)(=O)C1. The Labute approximate surface area is 167 Å². The first kappa shape index (κ1) is 19.1. The standard InChI is InChI=1S/C18H23N3O3S3/c1-2-21(12-7-8-27(23,24)10-12)15(22)9-25-17-16-13-5-3-4-6-14(13)26-18(16)20-11-19-17/h11-12H,2-10H2,1H3/t12-/m0/s1. The predicted molar refractivity (Wildman–Crippen MR) is 109 cm³/mol. The van der Waals surface area contributed by atoms with Crippen molar-refractivity contribution in [2.45, 2.75) is 50.1 Å². The molecule has 146 valence electrons. The van der Waals surface area contributed by atoms with Crippen LogP contribution in [-0.2, 0) is 27.5 Å². The van der Waals surface area contributed by atoms with Crippen molar-refractivity contribution in [1.29, 1.82) is 0 Å². The number of aromatic nitrogens is 2. The van der Waals surface area contributed by atoms with Gasteiger partial charge in [0, 0.05) is 22.8 Å². The van der Waals surface area contributed by atoms with E-state index in [1.165, 1.54) is 35.0 Å². The second-order valence-corrected chi connectivity index (χ2v) is 11.4. The number of thiophene rings is 1. The second kappa shape index (κ2) is 7.67. The summed E-state index contributed by atoms with van der Waals surface area (Å²) in [5.41, 5.74) is 1.37. The van der Waals surface area contributed by atoms with Crippen molar-refractivity contribution in [3.05, 3.63) is 16.8 Å². The molecular formula is C18H23N3O3S3. The first-order chi connectivity index (χ1) is 13.0. The van der Waals surface area contributed by atoms with Crippen molar-refractivity contribution < 1.29 is 13.2 Å². The first-order valence-corrected chi connectivity index (χ1v) is 13.0. The van der Waals surface area contributed by atoms with E-state index in [1.807, 2.05) is 6.92 Å². The summed E-state index contributed by atoms with van der Waals surface area (Å²) >= 11 is 3.21. The topological polar surface area (TPSA) is 80.2 Å². The molecule has 3 heterocycles. The molecule has 0 bridgehead atoms. The van der Waals surface area contributed by atoms with Gasteiger partial charge in [-0.3, -0.25) is 4.79 Å². The zero-order valence-corrected chi connectivity index (χ0v) is 17.8. The summed E-state index contributed by atoms with van der Waals surface area (Å²) in [4.78, 5) is 25.8. The zero-order valence-electron chi connectivity index (χ0n) is 15.3. The summed E-state index contributed by atoms with van der Waals surface area (Å²) in [5.74, 6) is 0.538. The number of carbonyl (C=O) groups is 1. The number of thioether (sulfide) groups is 1. The lowest BCUT2D eigenvalue weighted by molar-refractivity contribution is -0.129. The van der Waals surface area contributed by atoms with E-state index < -0.39 is 9.84 Å². The Bertz CT molecular complexity index is 971. The van der Waals surface area contributed by atoms with Crippen LogP contribution in [0.1, 0.15) is 36.6 Å². The number of aryl methyl sites for hydroxylation is 2. The molecule has 2 aromatic rings. The molecule has 0 radical (unpaired) electrons. The second-order valence-electron chi connectivity index (χ2n) is 7.10. The molecule has 0 unspecified atom stereocenters. The van der Waals surface area contributed by atoms with Gasteiger partial charge in [0.15, 0.2) is 9.84 Å². The Kier molecular flexibility index (Phi) is 5.44. The number of hydrogen-bond donors (Lipinski definition) is 0. The van der Waals surface area contributed by atoms with Gasteiger partial charge in [0.25, 0.3) is 0 Å². The average molecular weight is 426 g/mol. The van der Waals surface area contributed by atoms with E-state index in [4.69, 9.17) is 0 Å². The highest BCUT2D eigenvalue weighted by molar-refractivity contribution is 8.00. The van der Waals surface area contributed by atoms with Crippen LogP contribution in [0.2, 0.25) is 0 Å². The summed E-state index contributed by atoms with van der Waals surface area (Å²) in [5, 5.41) is 2.00. The molecule has 1 aliphatic carbocycles. The molecule has 0 spiro atoms. The molecule has 6 nitrogen and oxygen atoms in total. The fraction of sp³-hybridized carbons (Fsp3) is 0.611. The van der Waals surface area contributed by atoms with Crippen molar-refractivity contribution in [1.82, 2.24) is 14.9 Å². The molecule has 0 aromatic carbocycles. The molecule has 1 saturated heterocycles. The van der Waals surface area contributed by atoms with Gasteiger partial charge in [-0.05, 0) is 44.6 Å². The van der Waals surface area contributed by atoms with Crippen LogP contribution in [0.4, 0.5) is 0 Å². The van der Waals surface area contributed by atoms with Gasteiger partial charge in [0.05, 0.1) is 17.3 Å². The van der Waals surface area contributed by atoms with Gasteiger partial charge in [-0.2, -0.15) is 0 Å². The van der Waals surface area contributed by atoms with Crippen LogP contribution < -0.4 is 0 Å². The minimum atomic E-state index is -3.00. The molecule has 1 atom stereocenters. The predicted octanol–water partition coefficient (Wildman–Crippen LogP) is 2.70. The molecule has 2 aromatic heterocycles. The highest BCUT2D eigenvalue weighted by atomic mass is 32.2. The molecule has 4 rings (SSSR count). The summed E-state index contributed by atoms with van der Waals surface area (Å²) in [6.45, 7) is 2.44. The fourth-order valence-electron chi connectivity index (χ4n) is 4.04. The van der Waals surface area contributed by atoms with Gasteiger partial charge in [0.2, 0.25) is 5.91 Å². The number of hydrogen-bond acceptors (Lipinski definition) is 7. The third-order valence-corrected chi connectivity index (χ3v) is 9.28. The maximum atomic E-state index is 12.8. The molecule has 1 fully saturated rings. The van der Waals surface area contributed by atoms with Crippen LogP contribution in [0.5, 0.6) is 0 Å². The zero-order chi connectivity index (χ0) is 19.0. The Balaban J connectivity index is 1.51. The number of sulfone groups is 1. The van der Waals surface area contributed by atoms with Crippen molar-refractivity contribution in [3.63, 3.8) is 0 Å². The van der Waals surface area contributed by atoms with E-state index in [2.05, 4.69) is 9.97 Å². The summed E-state index contributed by atoms with van der Waals surface area (Å²) in [6, 6.07) is -0.188. The van der Waals surface area contributed by atoms with Gasteiger partial charge in [-0.15, -0.1) is 11.3 Å². The number of fused-ring (bicyclic) bond motifs is 3. The maximum Gasteiger partial charge on any atom is 0.233 e. The van der Waals surface area contributed by atoms with Gasteiger partial charge < -0.3 is 4.90 Å². The Morgan fingerprint density at radius 1 is 1.33 bits per heavy atom. The van der Waals surface area contributed by atoms with Crippen LogP contribution in [0.25, 0.3) is 10.2 Å². The van der Waals surface area contributed by atoms with Crippen molar-refractivity contribution in [3.8, 4) is 0 Å². The minimum Gasteiger partial charge on any atom is -0.338 e. The van der Waals surface area contributed by atoms with Crippen LogP contribution in [0, 0.1) is 0 Å². The lowest BCUT2D eigenvalue weighted by Gasteiger charge is -2.26. The fourth-order valence-corrected chi connectivity index (χ4v) is 7.98. The molecule has 27 heavy (non-hydrogen) atoms. The molecule has 0 saturated carbocycles. The molecule has 0 N–H and O–H groups in total. The highest BCUT2D eigenvalue weighted by Gasteiger charge is 2.34. The largest absolute Gasteiger partial charge is 0.338 e. The smallest absolute Gasteiger partial charge is 0.233 e. The molecule has 9 heteroatoms. The van der Waals surface area contributed by atoms with Crippen LogP contribution in [0.15, 0.2) is 11.4 Å². The summed E-state index contributed by atoms with van der Waals surface area (Å²) in [6.07, 6.45) is 6.71. The number of amides is 1. The third kappa shape index (κ3) is 3.86. The van der Waals surface area contributed by atoms with Crippen molar-refractivity contribution in [2.75, 3.05) is 23.8 Å². The lowest BCUT2D eigenvalue weighted by atomic mass is 9.97. The normalized spacial score (nSPS) is 21.3. The van der Waals surface area contributed by atoms with Crippen LogP contribution in [-0.4, -0.2) is 59.0 Å². The Morgan fingerprint density at radius 2 is 2.15 bits per heavy atom. The average Bonchev–Trinajstić information content (AvgIpc) is 3.20. The summed E-state index contributed by atoms with van der Waals surface area (Å²) < 4.78 is 23.5. The van der Waals surface area contributed by atoms with E-state index in [9.17, 15) is 13.2 Å². The number of nitrogens with zero attached hydrogens (tertiary/aromatic N) is 3. The van der Waals surface area contributed by atoms with Crippen LogP contribution in [0.3, 0.4) is 0 Å². The molecule has 1 aliphatic heterocycles. The van der Waals surface area contributed by atoms with Gasteiger partial charge in [-0.25, -0.2) is 18.4 Å². The Morgan fingerprint density at radius 3 is 2.89 bits per heavy atom. The van der Waals surface area contributed by atoms with Gasteiger partial charge in [0.1, 0.15) is 16.2 Å². The molecular weight excluding hydrogens is 402 g/mol. The van der Waals surface area contributed by atoms with E-state index in [0.29, 0.717) is 13.0 Å². The van der Waals surface area contributed by atoms with Gasteiger partial charge >= 0.3 is 0 Å². The van der Waals surface area contributed by atoms with E-state index >= 15 is 0 Å². The summed E-state index contributed by atoms with van der Waals surface area (Å²) in [7, 11) is -3.00. The number of rotatable bonds is 5. The maximum absolute atomic E-state index is 12.8. The van der Waals surface area contributed by atoms with Crippen molar-refractivity contribution >= 4 is 49.1 Å². The van der Waals surface area contributed by atoms with Gasteiger partial charge in [-0.1, -0.05) is 11.8 Å². The first-order valence-electron chi connectivity index (χ1n) is 9.36. The molecule has 2 aliphatic rings. The molecule has 1 amide bonds.